The van der Waals surface area contributed by atoms with Crippen LogP contribution in [0.5, 0.6) is 11.5 Å². The first-order chi connectivity index (χ1) is 10.5. The third-order valence-corrected chi connectivity index (χ3v) is 3.74. The topological polar surface area (TPSA) is 54.9 Å². The molecule has 1 unspecified atom stereocenters. The lowest BCUT2D eigenvalue weighted by Gasteiger charge is -2.20. The number of ether oxygens (including phenoxy) is 2. The van der Waals surface area contributed by atoms with Crippen molar-refractivity contribution in [3.63, 3.8) is 0 Å². The van der Waals surface area contributed by atoms with E-state index in [0.29, 0.717) is 12.0 Å². The van der Waals surface area contributed by atoms with Crippen LogP contribution in [0.1, 0.15) is 26.3 Å². The number of nitrogens with zero attached hydrogens (tertiary/aromatic N) is 1. The highest BCUT2D eigenvalue weighted by molar-refractivity contribution is 14.0. The molecule has 1 aromatic rings. The SMILES string of the molecule is CN=C(NCCc1ccc(OC)c(OC)c1)NC(C)C(C)C.I. The van der Waals surface area contributed by atoms with Gasteiger partial charge in [0, 0.05) is 19.6 Å². The summed E-state index contributed by atoms with van der Waals surface area (Å²) in [5.74, 6) is 2.91. The predicted molar refractivity (Wildman–Crippen MR) is 107 cm³/mol. The molecule has 132 valence electrons. The van der Waals surface area contributed by atoms with E-state index in [1.54, 1.807) is 21.3 Å². The van der Waals surface area contributed by atoms with Crippen molar-refractivity contribution in [1.82, 2.24) is 10.6 Å². The second-order valence-corrected chi connectivity index (χ2v) is 5.62. The van der Waals surface area contributed by atoms with Gasteiger partial charge in [-0.3, -0.25) is 4.99 Å². The highest BCUT2D eigenvalue weighted by Crippen LogP contribution is 2.27. The first kappa shape index (κ1) is 21.8. The van der Waals surface area contributed by atoms with Crippen molar-refractivity contribution in [2.24, 2.45) is 10.9 Å². The van der Waals surface area contributed by atoms with Gasteiger partial charge in [-0.15, -0.1) is 24.0 Å². The molecule has 1 rings (SSSR count). The van der Waals surface area contributed by atoms with Crippen molar-refractivity contribution >= 4 is 29.9 Å². The van der Waals surface area contributed by atoms with Crippen molar-refractivity contribution in [3.05, 3.63) is 23.8 Å². The highest BCUT2D eigenvalue weighted by atomic mass is 127. The van der Waals surface area contributed by atoms with E-state index in [1.807, 2.05) is 12.1 Å². The van der Waals surface area contributed by atoms with Crippen LogP contribution in [0.2, 0.25) is 0 Å². The molecule has 0 spiro atoms. The van der Waals surface area contributed by atoms with Gasteiger partial charge in [0.05, 0.1) is 14.2 Å². The molecule has 5 nitrogen and oxygen atoms in total. The number of benzene rings is 1. The molecule has 0 bridgehead atoms. The van der Waals surface area contributed by atoms with Crippen LogP contribution in [0.4, 0.5) is 0 Å². The number of nitrogens with one attached hydrogen (secondary N) is 2. The maximum absolute atomic E-state index is 5.32. The van der Waals surface area contributed by atoms with E-state index in [-0.39, 0.29) is 24.0 Å². The number of aliphatic imine (C=N–C) groups is 1. The van der Waals surface area contributed by atoms with Gasteiger partial charge < -0.3 is 20.1 Å². The van der Waals surface area contributed by atoms with Gasteiger partial charge in [0.25, 0.3) is 0 Å². The van der Waals surface area contributed by atoms with Gasteiger partial charge in [-0.05, 0) is 37.0 Å². The van der Waals surface area contributed by atoms with Gasteiger partial charge in [-0.25, -0.2) is 0 Å². The molecule has 23 heavy (non-hydrogen) atoms. The molecule has 0 aliphatic heterocycles. The Labute approximate surface area is 157 Å². The summed E-state index contributed by atoms with van der Waals surface area (Å²) in [6, 6.07) is 6.37. The van der Waals surface area contributed by atoms with E-state index >= 15 is 0 Å². The summed E-state index contributed by atoms with van der Waals surface area (Å²) >= 11 is 0. The second kappa shape index (κ2) is 11.4. The van der Waals surface area contributed by atoms with Crippen LogP contribution in [-0.2, 0) is 6.42 Å². The minimum Gasteiger partial charge on any atom is -0.493 e. The molecule has 0 aromatic heterocycles. The van der Waals surface area contributed by atoms with Crippen LogP contribution in [0.3, 0.4) is 0 Å². The number of guanidine groups is 1. The van der Waals surface area contributed by atoms with Crippen molar-refractivity contribution in [3.8, 4) is 11.5 Å². The minimum absolute atomic E-state index is 0. The van der Waals surface area contributed by atoms with Crippen LogP contribution >= 0.6 is 24.0 Å². The van der Waals surface area contributed by atoms with Gasteiger partial charge >= 0.3 is 0 Å². The molecule has 0 radical (unpaired) electrons. The van der Waals surface area contributed by atoms with E-state index in [2.05, 4.69) is 42.5 Å². The van der Waals surface area contributed by atoms with E-state index < -0.39 is 0 Å². The van der Waals surface area contributed by atoms with Gasteiger partial charge in [0.1, 0.15) is 0 Å². The van der Waals surface area contributed by atoms with E-state index in [1.165, 1.54) is 5.56 Å². The van der Waals surface area contributed by atoms with Crippen LogP contribution in [-0.4, -0.2) is 39.8 Å². The van der Waals surface area contributed by atoms with Gasteiger partial charge in [0.2, 0.25) is 0 Å². The lowest BCUT2D eigenvalue weighted by atomic mass is 10.1. The Hall–Kier alpha value is -1.18. The largest absolute Gasteiger partial charge is 0.493 e. The lowest BCUT2D eigenvalue weighted by Crippen LogP contribution is -2.44. The fourth-order valence-electron chi connectivity index (χ4n) is 1.94. The number of halogens is 1. The third kappa shape index (κ3) is 7.28. The molecular weight excluding hydrogens is 405 g/mol. The maximum Gasteiger partial charge on any atom is 0.191 e. The van der Waals surface area contributed by atoms with Crippen molar-refractivity contribution in [2.75, 3.05) is 27.8 Å². The zero-order valence-electron chi connectivity index (χ0n) is 15.0. The quantitative estimate of drug-likeness (QED) is 0.393. The smallest absolute Gasteiger partial charge is 0.191 e. The molecule has 0 amide bonds. The first-order valence-corrected chi connectivity index (χ1v) is 7.69. The fraction of sp³-hybridized carbons (Fsp3) is 0.588. The second-order valence-electron chi connectivity index (χ2n) is 5.62. The number of hydrogen-bond acceptors (Lipinski definition) is 3. The minimum atomic E-state index is 0. The third-order valence-electron chi connectivity index (χ3n) is 3.74. The van der Waals surface area contributed by atoms with Crippen molar-refractivity contribution < 1.29 is 9.47 Å². The Kier molecular flexibility index (Phi) is 10.8. The summed E-state index contributed by atoms with van der Waals surface area (Å²) in [6.45, 7) is 7.34. The Bertz CT molecular complexity index is 493. The average molecular weight is 435 g/mol. The summed E-state index contributed by atoms with van der Waals surface area (Å²) in [5.41, 5.74) is 1.19. The van der Waals surface area contributed by atoms with Gasteiger partial charge in [-0.2, -0.15) is 0 Å². The molecule has 0 aliphatic carbocycles. The van der Waals surface area contributed by atoms with Crippen molar-refractivity contribution in [2.45, 2.75) is 33.2 Å². The molecule has 2 N–H and O–H groups in total. The van der Waals surface area contributed by atoms with E-state index in [9.17, 15) is 0 Å². The maximum atomic E-state index is 5.32. The monoisotopic (exact) mass is 435 g/mol. The summed E-state index contributed by atoms with van der Waals surface area (Å²) in [6.07, 6.45) is 0.886. The Morgan fingerprint density at radius 3 is 2.30 bits per heavy atom. The summed E-state index contributed by atoms with van der Waals surface area (Å²) in [4.78, 5) is 4.25. The zero-order chi connectivity index (χ0) is 16.5. The zero-order valence-corrected chi connectivity index (χ0v) is 17.3. The first-order valence-electron chi connectivity index (χ1n) is 7.69. The molecular formula is C17H30IN3O2. The van der Waals surface area contributed by atoms with Crippen molar-refractivity contribution in [1.29, 1.82) is 0 Å². The molecule has 6 heteroatoms. The summed E-state index contributed by atoms with van der Waals surface area (Å²) in [7, 11) is 5.09. The molecule has 0 aliphatic rings. The lowest BCUT2D eigenvalue weighted by molar-refractivity contribution is 0.354. The normalized spacial score (nSPS) is 12.4. The predicted octanol–water partition coefficient (Wildman–Crippen LogP) is 3.07. The number of hydrogen-bond donors (Lipinski definition) is 2. The van der Waals surface area contributed by atoms with Crippen LogP contribution < -0.4 is 20.1 Å². The Morgan fingerprint density at radius 2 is 1.78 bits per heavy atom. The number of rotatable bonds is 7. The molecule has 0 saturated carbocycles. The van der Waals surface area contributed by atoms with Gasteiger partial charge in [-0.1, -0.05) is 19.9 Å². The fourth-order valence-corrected chi connectivity index (χ4v) is 1.94. The molecule has 0 fully saturated rings. The Balaban J connectivity index is 0.00000484. The highest BCUT2D eigenvalue weighted by Gasteiger charge is 2.09. The summed E-state index contributed by atoms with van der Waals surface area (Å²) in [5, 5.41) is 6.72. The molecule has 0 heterocycles. The van der Waals surface area contributed by atoms with Crippen LogP contribution in [0.15, 0.2) is 23.2 Å². The van der Waals surface area contributed by atoms with Gasteiger partial charge in [0.15, 0.2) is 17.5 Å². The van der Waals surface area contributed by atoms with E-state index in [4.69, 9.17) is 9.47 Å². The molecule has 1 atom stereocenters. The van der Waals surface area contributed by atoms with E-state index in [0.717, 1.165) is 30.4 Å². The summed E-state index contributed by atoms with van der Waals surface area (Å²) < 4.78 is 10.6. The molecule has 1 aromatic carbocycles. The Morgan fingerprint density at radius 1 is 1.13 bits per heavy atom. The molecule has 0 saturated heterocycles. The standard InChI is InChI=1S/C17H29N3O2.HI/c1-12(2)13(3)20-17(18-4)19-10-9-14-7-8-15(21-5)16(11-14)22-6;/h7-8,11-13H,9-10H2,1-6H3,(H2,18,19,20);1H. The van der Waals surface area contributed by atoms with Crippen LogP contribution in [0.25, 0.3) is 0 Å². The van der Waals surface area contributed by atoms with Crippen LogP contribution in [0, 0.1) is 5.92 Å². The average Bonchev–Trinajstić information content (AvgIpc) is 2.53. The number of methoxy groups -OCH3 is 2.